The Morgan fingerprint density at radius 3 is 2.58 bits per heavy atom. The predicted octanol–water partition coefficient (Wildman–Crippen LogP) is 3.56. The lowest BCUT2D eigenvalue weighted by Gasteiger charge is -2.17. The van der Waals surface area contributed by atoms with Crippen LogP contribution >= 0.6 is 11.3 Å². The maximum Gasteiger partial charge on any atom is 0.375 e. The molecule has 134 valence electrons. The molecule has 26 heavy (non-hydrogen) atoms. The number of hydrogen-bond acceptors (Lipinski definition) is 6. The molecular formula is C19H17NO5S. The molecule has 0 bridgehead atoms. The zero-order valence-corrected chi connectivity index (χ0v) is 14.8. The van der Waals surface area contributed by atoms with E-state index in [1.165, 1.54) is 23.7 Å². The number of carbonyl (C=O) groups excluding carboxylic acids is 2. The van der Waals surface area contributed by atoms with Crippen LogP contribution in [0.15, 0.2) is 64.6 Å². The van der Waals surface area contributed by atoms with Gasteiger partial charge in [0.05, 0.1) is 19.9 Å². The van der Waals surface area contributed by atoms with Gasteiger partial charge in [-0.25, -0.2) is 4.79 Å². The van der Waals surface area contributed by atoms with Crippen LogP contribution in [0.4, 0.5) is 0 Å². The van der Waals surface area contributed by atoms with Gasteiger partial charge >= 0.3 is 5.97 Å². The second-order valence-electron chi connectivity index (χ2n) is 5.33. The first-order valence-corrected chi connectivity index (χ1v) is 8.74. The minimum Gasteiger partial charge on any atom is -0.497 e. The van der Waals surface area contributed by atoms with Gasteiger partial charge in [-0.15, -0.1) is 11.3 Å². The summed E-state index contributed by atoms with van der Waals surface area (Å²) in [5.74, 6) is -0.441. The van der Waals surface area contributed by atoms with Crippen LogP contribution in [-0.4, -0.2) is 19.0 Å². The Bertz CT molecular complexity index is 841. The summed E-state index contributed by atoms with van der Waals surface area (Å²) in [6.45, 7) is 0.363. The molecule has 1 atom stereocenters. The Kier molecular flexibility index (Phi) is 5.70. The lowest BCUT2D eigenvalue weighted by atomic mass is 10.1. The number of methoxy groups -OCH3 is 1. The monoisotopic (exact) mass is 371 g/mol. The molecular weight excluding hydrogens is 354 g/mol. The number of furan rings is 1. The van der Waals surface area contributed by atoms with Gasteiger partial charge in [-0.05, 0) is 35.7 Å². The topological polar surface area (TPSA) is 77.8 Å². The van der Waals surface area contributed by atoms with Crippen LogP contribution in [0, 0.1) is 0 Å². The van der Waals surface area contributed by atoms with Gasteiger partial charge in [-0.2, -0.15) is 0 Å². The third-order valence-electron chi connectivity index (χ3n) is 3.62. The van der Waals surface area contributed by atoms with Crippen LogP contribution in [0.25, 0.3) is 0 Å². The van der Waals surface area contributed by atoms with Gasteiger partial charge in [0.25, 0.3) is 5.91 Å². The van der Waals surface area contributed by atoms with Crippen molar-refractivity contribution in [3.8, 4) is 5.75 Å². The SMILES string of the molecule is COc1ccc([C@H](OC(=O)c2ccco2)C(=O)NCc2cccs2)cc1. The van der Waals surface area contributed by atoms with E-state index in [0.29, 0.717) is 17.9 Å². The fraction of sp³-hybridized carbons (Fsp3) is 0.158. The Hall–Kier alpha value is -3.06. The molecule has 0 saturated carbocycles. The molecule has 1 amide bonds. The lowest BCUT2D eigenvalue weighted by Crippen LogP contribution is -2.31. The number of ether oxygens (including phenoxy) is 2. The van der Waals surface area contributed by atoms with Gasteiger partial charge in [-0.1, -0.05) is 18.2 Å². The van der Waals surface area contributed by atoms with Gasteiger partial charge in [0.15, 0.2) is 0 Å². The second kappa shape index (κ2) is 8.35. The Labute approximate surface area is 154 Å². The van der Waals surface area contributed by atoms with E-state index in [4.69, 9.17) is 13.9 Å². The molecule has 0 saturated heterocycles. The molecule has 0 aliphatic carbocycles. The van der Waals surface area contributed by atoms with E-state index in [9.17, 15) is 9.59 Å². The van der Waals surface area contributed by atoms with Gasteiger partial charge < -0.3 is 19.2 Å². The van der Waals surface area contributed by atoms with E-state index in [-0.39, 0.29) is 5.76 Å². The summed E-state index contributed by atoms with van der Waals surface area (Å²) in [5, 5.41) is 4.73. The van der Waals surface area contributed by atoms with Crippen molar-refractivity contribution in [1.82, 2.24) is 5.32 Å². The van der Waals surface area contributed by atoms with Crippen molar-refractivity contribution in [3.63, 3.8) is 0 Å². The highest BCUT2D eigenvalue weighted by Gasteiger charge is 2.26. The number of esters is 1. The van der Waals surface area contributed by atoms with E-state index in [0.717, 1.165) is 4.88 Å². The number of rotatable bonds is 7. The quantitative estimate of drug-likeness (QED) is 0.643. The molecule has 6 nitrogen and oxygen atoms in total. The highest BCUT2D eigenvalue weighted by molar-refractivity contribution is 7.09. The third kappa shape index (κ3) is 4.31. The summed E-state index contributed by atoms with van der Waals surface area (Å²) < 4.78 is 15.6. The molecule has 0 aliphatic heterocycles. The summed E-state index contributed by atoms with van der Waals surface area (Å²) >= 11 is 1.54. The van der Waals surface area contributed by atoms with E-state index >= 15 is 0 Å². The molecule has 2 aromatic heterocycles. The van der Waals surface area contributed by atoms with Crippen molar-refractivity contribution in [2.75, 3.05) is 7.11 Å². The van der Waals surface area contributed by atoms with Crippen LogP contribution in [0.1, 0.15) is 27.1 Å². The molecule has 0 spiro atoms. The van der Waals surface area contributed by atoms with E-state index in [1.807, 2.05) is 17.5 Å². The number of carbonyl (C=O) groups is 2. The van der Waals surface area contributed by atoms with Gasteiger partial charge in [-0.3, -0.25) is 4.79 Å². The molecule has 1 N–H and O–H groups in total. The van der Waals surface area contributed by atoms with E-state index < -0.39 is 18.0 Å². The lowest BCUT2D eigenvalue weighted by molar-refractivity contribution is -0.130. The highest BCUT2D eigenvalue weighted by atomic mass is 32.1. The van der Waals surface area contributed by atoms with Crippen LogP contribution in [-0.2, 0) is 16.1 Å². The zero-order valence-electron chi connectivity index (χ0n) is 14.0. The van der Waals surface area contributed by atoms with Crippen molar-refractivity contribution in [1.29, 1.82) is 0 Å². The van der Waals surface area contributed by atoms with Crippen molar-refractivity contribution in [2.24, 2.45) is 0 Å². The molecule has 0 aliphatic rings. The summed E-state index contributed by atoms with van der Waals surface area (Å²) in [5.41, 5.74) is 0.536. The standard InChI is InChI=1S/C19H17NO5S/c1-23-14-8-6-13(7-9-14)17(25-19(22)16-5-2-10-24-16)18(21)20-12-15-4-3-11-26-15/h2-11,17H,12H2,1H3,(H,20,21)/t17-/m0/s1. The van der Waals surface area contributed by atoms with E-state index in [1.54, 1.807) is 37.4 Å². The first-order valence-electron chi connectivity index (χ1n) is 7.86. The molecule has 1 aromatic carbocycles. The average Bonchev–Trinajstić information content (AvgIpc) is 3.38. The maximum atomic E-state index is 12.7. The Morgan fingerprint density at radius 1 is 1.15 bits per heavy atom. The third-order valence-corrected chi connectivity index (χ3v) is 4.50. The van der Waals surface area contributed by atoms with Crippen molar-refractivity contribution in [3.05, 3.63) is 76.4 Å². The van der Waals surface area contributed by atoms with Gasteiger partial charge in [0, 0.05) is 10.4 Å². The minimum atomic E-state index is -1.10. The average molecular weight is 371 g/mol. The number of thiophene rings is 1. The smallest absolute Gasteiger partial charge is 0.375 e. The Morgan fingerprint density at radius 2 is 1.96 bits per heavy atom. The molecule has 0 radical (unpaired) electrons. The number of benzene rings is 1. The summed E-state index contributed by atoms with van der Waals surface area (Å²) in [6, 6.07) is 13.7. The molecule has 7 heteroatoms. The normalized spacial score (nSPS) is 11.6. The summed E-state index contributed by atoms with van der Waals surface area (Å²) in [4.78, 5) is 25.9. The fourth-order valence-electron chi connectivity index (χ4n) is 2.29. The maximum absolute atomic E-state index is 12.7. The van der Waals surface area contributed by atoms with Crippen LogP contribution in [0.5, 0.6) is 5.75 Å². The molecule has 3 aromatic rings. The van der Waals surface area contributed by atoms with Gasteiger partial charge in [0.1, 0.15) is 5.75 Å². The molecule has 3 rings (SSSR count). The number of nitrogens with one attached hydrogen (secondary N) is 1. The van der Waals surface area contributed by atoms with Crippen molar-refractivity contribution in [2.45, 2.75) is 12.6 Å². The van der Waals surface area contributed by atoms with Crippen molar-refractivity contribution < 1.29 is 23.5 Å². The summed E-state index contributed by atoms with van der Waals surface area (Å²) in [6.07, 6.45) is 0.272. The highest BCUT2D eigenvalue weighted by Crippen LogP contribution is 2.23. The largest absolute Gasteiger partial charge is 0.497 e. The number of hydrogen-bond donors (Lipinski definition) is 1. The van der Waals surface area contributed by atoms with E-state index in [2.05, 4.69) is 5.32 Å². The van der Waals surface area contributed by atoms with Crippen LogP contribution in [0.2, 0.25) is 0 Å². The minimum absolute atomic E-state index is 0.0366. The number of amides is 1. The first-order chi connectivity index (χ1) is 12.7. The summed E-state index contributed by atoms with van der Waals surface area (Å²) in [7, 11) is 1.55. The molecule has 0 unspecified atom stereocenters. The second-order valence-corrected chi connectivity index (χ2v) is 6.37. The van der Waals surface area contributed by atoms with Gasteiger partial charge in [0.2, 0.25) is 11.9 Å². The van der Waals surface area contributed by atoms with Crippen LogP contribution < -0.4 is 10.1 Å². The fourth-order valence-corrected chi connectivity index (χ4v) is 2.94. The first kappa shape index (κ1) is 17.8. The van der Waals surface area contributed by atoms with Crippen LogP contribution in [0.3, 0.4) is 0 Å². The Balaban J connectivity index is 1.77. The molecule has 2 heterocycles. The molecule has 0 fully saturated rings. The predicted molar refractivity (Wildman–Crippen MR) is 96.0 cm³/mol. The van der Waals surface area contributed by atoms with Crippen molar-refractivity contribution >= 4 is 23.2 Å². The zero-order chi connectivity index (χ0) is 18.4.